The second-order valence-electron chi connectivity index (χ2n) is 3.46. The van der Waals surface area contributed by atoms with Gasteiger partial charge in [-0.15, -0.1) is 0 Å². The molecule has 2 heterocycles. The van der Waals surface area contributed by atoms with Crippen LogP contribution in [0.1, 0.15) is 16.2 Å². The molecule has 0 aliphatic heterocycles. The van der Waals surface area contributed by atoms with Crippen LogP contribution < -0.4 is 10.9 Å². The van der Waals surface area contributed by atoms with Crippen LogP contribution >= 0.6 is 0 Å². The van der Waals surface area contributed by atoms with E-state index in [2.05, 4.69) is 20.4 Å². The highest BCUT2D eigenvalue weighted by atomic mass is 16.1. The average Bonchev–Trinajstić information content (AvgIpc) is 2.73. The first-order valence-corrected chi connectivity index (χ1v) is 4.96. The second kappa shape index (κ2) is 4.60. The van der Waals surface area contributed by atoms with Gasteiger partial charge in [0, 0.05) is 19.3 Å². The lowest BCUT2D eigenvalue weighted by atomic mass is 10.3. The van der Waals surface area contributed by atoms with Crippen LogP contribution in [0.5, 0.6) is 0 Å². The first-order chi connectivity index (χ1) is 8.15. The molecule has 2 aromatic rings. The van der Waals surface area contributed by atoms with Gasteiger partial charge in [-0.25, -0.2) is 4.98 Å². The first-order valence-electron chi connectivity index (χ1n) is 4.96. The Morgan fingerprint density at radius 3 is 2.94 bits per heavy atom. The molecule has 0 bridgehead atoms. The molecule has 2 rings (SSSR count). The van der Waals surface area contributed by atoms with Gasteiger partial charge in [0.2, 0.25) is 5.56 Å². The summed E-state index contributed by atoms with van der Waals surface area (Å²) in [5, 5.41) is 6.67. The van der Waals surface area contributed by atoms with Crippen molar-refractivity contribution < 1.29 is 4.79 Å². The van der Waals surface area contributed by atoms with E-state index in [1.807, 2.05) is 0 Å². The van der Waals surface area contributed by atoms with Crippen LogP contribution in [0.4, 0.5) is 0 Å². The molecule has 0 aromatic carbocycles. The molecule has 88 valence electrons. The normalized spacial score (nSPS) is 10.2. The van der Waals surface area contributed by atoms with Gasteiger partial charge in [0.15, 0.2) is 5.82 Å². The van der Waals surface area contributed by atoms with E-state index >= 15 is 0 Å². The molecule has 1 amide bonds. The number of carbonyl (C=O) groups excluding carboxylic acids is 1. The number of carbonyl (C=O) groups is 1. The van der Waals surface area contributed by atoms with Crippen molar-refractivity contribution >= 4 is 5.91 Å². The minimum absolute atomic E-state index is 0.243. The molecule has 0 radical (unpaired) electrons. The van der Waals surface area contributed by atoms with Gasteiger partial charge in [0.05, 0.1) is 12.1 Å². The zero-order chi connectivity index (χ0) is 12.3. The summed E-state index contributed by atoms with van der Waals surface area (Å²) in [4.78, 5) is 28.9. The lowest BCUT2D eigenvalue weighted by Crippen LogP contribution is -2.24. The van der Waals surface area contributed by atoms with Gasteiger partial charge in [0.25, 0.3) is 5.91 Å². The van der Waals surface area contributed by atoms with Crippen molar-refractivity contribution in [1.29, 1.82) is 0 Å². The minimum Gasteiger partial charge on any atom is -0.345 e. The van der Waals surface area contributed by atoms with Crippen molar-refractivity contribution in [1.82, 2.24) is 25.1 Å². The highest BCUT2D eigenvalue weighted by molar-refractivity contribution is 5.93. The van der Waals surface area contributed by atoms with Gasteiger partial charge < -0.3 is 10.3 Å². The number of H-pyrrole nitrogens is 1. The molecule has 0 fully saturated rings. The lowest BCUT2D eigenvalue weighted by molar-refractivity contribution is 0.0949. The summed E-state index contributed by atoms with van der Waals surface area (Å²) in [6.07, 6.45) is 2.92. The largest absolute Gasteiger partial charge is 0.345 e. The van der Waals surface area contributed by atoms with Crippen molar-refractivity contribution in [3.05, 3.63) is 46.4 Å². The maximum absolute atomic E-state index is 11.6. The Kier molecular flexibility index (Phi) is 2.99. The fourth-order valence-electron chi connectivity index (χ4n) is 1.28. The molecule has 17 heavy (non-hydrogen) atoms. The summed E-state index contributed by atoms with van der Waals surface area (Å²) in [5.41, 5.74) is 0.147. The summed E-state index contributed by atoms with van der Waals surface area (Å²) in [6, 6.07) is 2.76. The van der Waals surface area contributed by atoms with Gasteiger partial charge >= 0.3 is 0 Å². The number of amides is 1. The number of rotatable bonds is 3. The number of pyridine rings is 1. The smallest absolute Gasteiger partial charge is 0.253 e. The SMILES string of the molecule is Cn1cnc(CNC(=O)c2ccc(=O)[nH]c2)n1. The third-order valence-corrected chi connectivity index (χ3v) is 2.10. The van der Waals surface area contributed by atoms with Crippen LogP contribution in [0.3, 0.4) is 0 Å². The van der Waals surface area contributed by atoms with Gasteiger partial charge in [-0.1, -0.05) is 0 Å². The van der Waals surface area contributed by atoms with Crippen molar-refractivity contribution in [2.45, 2.75) is 6.54 Å². The molecule has 2 aromatic heterocycles. The summed E-state index contributed by atoms with van der Waals surface area (Å²) in [6.45, 7) is 0.249. The highest BCUT2D eigenvalue weighted by Gasteiger charge is 2.06. The molecular weight excluding hydrogens is 222 g/mol. The average molecular weight is 233 g/mol. The molecule has 0 saturated heterocycles. The van der Waals surface area contributed by atoms with Gasteiger partial charge in [0.1, 0.15) is 6.33 Å². The quantitative estimate of drug-likeness (QED) is 0.742. The molecule has 2 N–H and O–H groups in total. The van der Waals surface area contributed by atoms with E-state index in [0.717, 1.165) is 0 Å². The zero-order valence-electron chi connectivity index (χ0n) is 9.17. The lowest BCUT2D eigenvalue weighted by Gasteiger charge is -2.01. The second-order valence-corrected chi connectivity index (χ2v) is 3.46. The van der Waals surface area contributed by atoms with Crippen LogP contribution in [0.2, 0.25) is 0 Å². The Balaban J connectivity index is 1.98. The van der Waals surface area contributed by atoms with Crippen molar-refractivity contribution in [3.63, 3.8) is 0 Å². The summed E-state index contributed by atoms with van der Waals surface area (Å²) >= 11 is 0. The van der Waals surface area contributed by atoms with E-state index in [1.54, 1.807) is 18.1 Å². The Hall–Kier alpha value is -2.44. The molecule has 0 aliphatic rings. The zero-order valence-corrected chi connectivity index (χ0v) is 9.17. The van der Waals surface area contributed by atoms with Crippen LogP contribution in [0, 0.1) is 0 Å². The fraction of sp³-hybridized carbons (Fsp3) is 0.200. The van der Waals surface area contributed by atoms with E-state index in [-0.39, 0.29) is 18.0 Å². The van der Waals surface area contributed by atoms with Crippen molar-refractivity contribution in [2.24, 2.45) is 7.05 Å². The van der Waals surface area contributed by atoms with Crippen LogP contribution in [-0.2, 0) is 13.6 Å². The van der Waals surface area contributed by atoms with Crippen LogP contribution in [0.15, 0.2) is 29.5 Å². The highest BCUT2D eigenvalue weighted by Crippen LogP contribution is 1.94. The molecule has 0 spiro atoms. The summed E-state index contributed by atoms with van der Waals surface area (Å²) < 4.78 is 1.56. The van der Waals surface area contributed by atoms with Gasteiger partial charge in [-0.2, -0.15) is 5.10 Å². The minimum atomic E-state index is -0.284. The van der Waals surface area contributed by atoms with Gasteiger partial charge in [-0.05, 0) is 6.07 Å². The number of hydrogen-bond acceptors (Lipinski definition) is 4. The number of aromatic amines is 1. The topological polar surface area (TPSA) is 92.7 Å². The van der Waals surface area contributed by atoms with Crippen molar-refractivity contribution in [3.8, 4) is 0 Å². The number of aryl methyl sites for hydroxylation is 1. The molecule has 0 saturated carbocycles. The standard InChI is InChI=1S/C10H11N5O2/c1-15-6-13-8(14-15)5-12-10(17)7-2-3-9(16)11-4-7/h2-4,6H,5H2,1H3,(H,11,16)(H,12,17). The monoisotopic (exact) mass is 233 g/mol. The number of hydrogen-bond donors (Lipinski definition) is 2. The molecule has 7 heteroatoms. The van der Waals surface area contributed by atoms with Crippen LogP contribution in [0.25, 0.3) is 0 Å². The first kappa shape index (κ1) is 11.1. The predicted octanol–water partition coefficient (Wildman–Crippen LogP) is -0.567. The van der Waals surface area contributed by atoms with E-state index < -0.39 is 0 Å². The Morgan fingerprint density at radius 2 is 2.35 bits per heavy atom. The summed E-state index contributed by atoms with van der Waals surface area (Å²) in [5.74, 6) is 0.249. The number of nitrogens with zero attached hydrogens (tertiary/aromatic N) is 3. The third-order valence-electron chi connectivity index (χ3n) is 2.10. The predicted molar refractivity (Wildman–Crippen MR) is 59.2 cm³/mol. The third kappa shape index (κ3) is 2.77. The van der Waals surface area contributed by atoms with E-state index in [4.69, 9.17) is 0 Å². The summed E-state index contributed by atoms with van der Waals surface area (Å²) in [7, 11) is 1.75. The van der Waals surface area contributed by atoms with E-state index in [0.29, 0.717) is 11.4 Å². The Bertz CT molecular complexity index is 566. The van der Waals surface area contributed by atoms with Crippen LogP contribution in [-0.4, -0.2) is 25.7 Å². The maximum atomic E-state index is 11.6. The maximum Gasteiger partial charge on any atom is 0.253 e. The van der Waals surface area contributed by atoms with Gasteiger partial charge in [-0.3, -0.25) is 14.3 Å². The molecule has 0 unspecified atom stereocenters. The van der Waals surface area contributed by atoms with Crippen molar-refractivity contribution in [2.75, 3.05) is 0 Å². The van der Waals surface area contributed by atoms with E-state index in [1.165, 1.54) is 18.3 Å². The molecule has 0 aliphatic carbocycles. The fourth-order valence-corrected chi connectivity index (χ4v) is 1.28. The Morgan fingerprint density at radius 1 is 1.53 bits per heavy atom. The molecule has 0 atom stereocenters. The Labute approximate surface area is 96.5 Å². The molecule has 7 nitrogen and oxygen atoms in total. The molecular formula is C10H11N5O2. The number of aromatic nitrogens is 4. The van der Waals surface area contributed by atoms with E-state index in [9.17, 15) is 9.59 Å². The number of nitrogens with one attached hydrogen (secondary N) is 2.